The van der Waals surface area contributed by atoms with Gasteiger partial charge in [-0.2, -0.15) is 0 Å². The van der Waals surface area contributed by atoms with Crippen LogP contribution in [0.4, 0.5) is 0 Å². The molecule has 3 N–H and O–H groups in total. The molecule has 3 nitrogen and oxygen atoms in total. The molecule has 0 unspecified atom stereocenters. The van der Waals surface area contributed by atoms with Crippen molar-refractivity contribution in [3.05, 3.63) is 50.7 Å². The van der Waals surface area contributed by atoms with Gasteiger partial charge in [-0.3, -0.25) is 5.41 Å². The maximum atomic E-state index is 7.50. The number of nitrogens with one attached hydrogen (secondary N) is 1. The van der Waals surface area contributed by atoms with E-state index in [0.29, 0.717) is 6.61 Å². The van der Waals surface area contributed by atoms with E-state index >= 15 is 0 Å². The summed E-state index contributed by atoms with van der Waals surface area (Å²) >= 11 is 1.79. The number of thiophene rings is 1. The van der Waals surface area contributed by atoms with E-state index in [1.54, 1.807) is 11.3 Å². The minimum Gasteiger partial charge on any atom is -0.488 e. The van der Waals surface area contributed by atoms with Gasteiger partial charge in [0.05, 0.1) is 0 Å². The van der Waals surface area contributed by atoms with Crippen molar-refractivity contribution < 1.29 is 4.74 Å². The maximum Gasteiger partial charge on any atom is 0.125 e. The molecule has 0 fully saturated rings. The molecular weight excluding hydrogens is 268 g/mol. The summed E-state index contributed by atoms with van der Waals surface area (Å²) in [5.74, 6) is 0.982. The summed E-state index contributed by atoms with van der Waals surface area (Å²) in [6, 6.07) is 8.08. The van der Waals surface area contributed by atoms with Gasteiger partial charge in [-0.1, -0.05) is 6.92 Å². The van der Waals surface area contributed by atoms with E-state index in [0.717, 1.165) is 28.9 Å². The number of nitrogen functional groups attached to an aromatic ring is 1. The monoisotopic (exact) mass is 288 g/mol. The SMILES string of the molecule is CCc1ccc(COc2c(C)cc(C(=N)N)cc2C)s1. The second kappa shape index (κ2) is 6.09. The fourth-order valence-electron chi connectivity index (χ4n) is 2.17. The van der Waals surface area contributed by atoms with Crippen LogP contribution in [0.1, 0.15) is 33.4 Å². The highest BCUT2D eigenvalue weighted by Gasteiger charge is 2.09. The van der Waals surface area contributed by atoms with Crippen molar-refractivity contribution in [2.24, 2.45) is 5.73 Å². The van der Waals surface area contributed by atoms with E-state index in [1.807, 2.05) is 26.0 Å². The number of hydrogen-bond donors (Lipinski definition) is 2. The Balaban J connectivity index is 2.15. The minimum absolute atomic E-state index is 0.0913. The van der Waals surface area contributed by atoms with Crippen molar-refractivity contribution in [2.45, 2.75) is 33.8 Å². The average Bonchev–Trinajstić information content (AvgIpc) is 2.85. The highest BCUT2D eigenvalue weighted by molar-refractivity contribution is 7.11. The standard InChI is InChI=1S/C16H20N2OS/c1-4-13-5-6-14(20-13)9-19-15-10(2)7-12(16(17)18)8-11(15)3/h5-8H,4,9H2,1-3H3,(H3,17,18). The van der Waals surface area contributed by atoms with Gasteiger partial charge >= 0.3 is 0 Å². The lowest BCUT2D eigenvalue weighted by atomic mass is 10.1. The molecule has 2 rings (SSSR count). The van der Waals surface area contributed by atoms with Crippen LogP contribution in [0.15, 0.2) is 24.3 Å². The van der Waals surface area contributed by atoms with Gasteiger partial charge in [0, 0.05) is 15.3 Å². The summed E-state index contributed by atoms with van der Waals surface area (Å²) in [7, 11) is 0. The first-order chi connectivity index (χ1) is 9.51. The van der Waals surface area contributed by atoms with E-state index < -0.39 is 0 Å². The molecule has 0 radical (unpaired) electrons. The Hall–Kier alpha value is -1.81. The van der Waals surface area contributed by atoms with Gasteiger partial charge < -0.3 is 10.5 Å². The van der Waals surface area contributed by atoms with Crippen LogP contribution in [-0.2, 0) is 13.0 Å². The normalized spacial score (nSPS) is 10.6. The Kier molecular flexibility index (Phi) is 4.45. The van der Waals surface area contributed by atoms with Crippen LogP contribution in [0.3, 0.4) is 0 Å². The zero-order valence-corrected chi connectivity index (χ0v) is 12.9. The molecule has 0 aliphatic carbocycles. The van der Waals surface area contributed by atoms with Crippen molar-refractivity contribution in [3.63, 3.8) is 0 Å². The van der Waals surface area contributed by atoms with Gasteiger partial charge in [-0.05, 0) is 55.7 Å². The lowest BCUT2D eigenvalue weighted by Crippen LogP contribution is -2.12. The maximum absolute atomic E-state index is 7.50. The Bertz CT molecular complexity index is 608. The summed E-state index contributed by atoms with van der Waals surface area (Å²) in [4.78, 5) is 2.61. The zero-order chi connectivity index (χ0) is 14.7. The highest BCUT2D eigenvalue weighted by atomic mass is 32.1. The molecule has 0 spiro atoms. The summed E-state index contributed by atoms with van der Waals surface area (Å²) in [5.41, 5.74) is 8.31. The van der Waals surface area contributed by atoms with Gasteiger partial charge in [0.15, 0.2) is 0 Å². The molecule has 0 saturated carbocycles. The average molecular weight is 288 g/mol. The van der Waals surface area contributed by atoms with Crippen LogP contribution in [0, 0.1) is 19.3 Å². The Labute approximate surface area is 123 Å². The first-order valence-corrected chi connectivity index (χ1v) is 7.49. The molecule has 1 aromatic carbocycles. The van der Waals surface area contributed by atoms with Crippen molar-refractivity contribution in [1.29, 1.82) is 5.41 Å². The Morgan fingerprint density at radius 3 is 2.30 bits per heavy atom. The number of amidine groups is 1. The van der Waals surface area contributed by atoms with E-state index in [-0.39, 0.29) is 5.84 Å². The summed E-state index contributed by atoms with van der Waals surface area (Å²) in [6.45, 7) is 6.72. The van der Waals surface area contributed by atoms with Crippen LogP contribution >= 0.6 is 11.3 Å². The van der Waals surface area contributed by atoms with E-state index in [4.69, 9.17) is 15.9 Å². The third-order valence-electron chi connectivity index (χ3n) is 3.20. The molecule has 0 saturated heterocycles. The Morgan fingerprint density at radius 1 is 1.20 bits per heavy atom. The summed E-state index contributed by atoms with van der Waals surface area (Å²) < 4.78 is 5.95. The fraction of sp³-hybridized carbons (Fsp3) is 0.312. The molecule has 106 valence electrons. The number of aryl methyl sites for hydroxylation is 3. The molecular formula is C16H20N2OS. The largest absolute Gasteiger partial charge is 0.488 e. The molecule has 4 heteroatoms. The lowest BCUT2D eigenvalue weighted by Gasteiger charge is -2.13. The molecule has 0 bridgehead atoms. The topological polar surface area (TPSA) is 59.1 Å². The molecule has 0 atom stereocenters. The van der Waals surface area contributed by atoms with Crippen LogP contribution in [-0.4, -0.2) is 5.84 Å². The molecule has 0 amide bonds. The molecule has 1 heterocycles. The lowest BCUT2D eigenvalue weighted by molar-refractivity contribution is 0.305. The zero-order valence-electron chi connectivity index (χ0n) is 12.1. The number of ether oxygens (including phenoxy) is 1. The second-order valence-corrected chi connectivity index (χ2v) is 6.12. The predicted molar refractivity (Wildman–Crippen MR) is 85.0 cm³/mol. The van der Waals surface area contributed by atoms with Crippen LogP contribution in [0.5, 0.6) is 5.75 Å². The molecule has 0 aliphatic rings. The Morgan fingerprint density at radius 2 is 1.80 bits per heavy atom. The number of nitrogens with two attached hydrogens (primary N) is 1. The van der Waals surface area contributed by atoms with Crippen LogP contribution in [0.2, 0.25) is 0 Å². The summed E-state index contributed by atoms with van der Waals surface area (Å²) in [6.07, 6.45) is 1.07. The first-order valence-electron chi connectivity index (χ1n) is 6.67. The molecule has 2 aromatic rings. The first kappa shape index (κ1) is 14.6. The van der Waals surface area contributed by atoms with E-state index in [9.17, 15) is 0 Å². The van der Waals surface area contributed by atoms with Gasteiger partial charge in [0.2, 0.25) is 0 Å². The summed E-state index contributed by atoms with van der Waals surface area (Å²) in [5, 5.41) is 7.50. The second-order valence-electron chi connectivity index (χ2n) is 4.86. The van der Waals surface area contributed by atoms with Crippen molar-refractivity contribution in [1.82, 2.24) is 0 Å². The smallest absolute Gasteiger partial charge is 0.125 e. The van der Waals surface area contributed by atoms with Crippen molar-refractivity contribution in [2.75, 3.05) is 0 Å². The van der Waals surface area contributed by atoms with Gasteiger partial charge in [0.25, 0.3) is 0 Å². The quantitative estimate of drug-likeness (QED) is 0.649. The van der Waals surface area contributed by atoms with Crippen LogP contribution < -0.4 is 10.5 Å². The van der Waals surface area contributed by atoms with E-state index in [1.165, 1.54) is 9.75 Å². The highest BCUT2D eigenvalue weighted by Crippen LogP contribution is 2.27. The number of rotatable bonds is 5. The van der Waals surface area contributed by atoms with Gasteiger partial charge in [-0.25, -0.2) is 0 Å². The third-order valence-corrected chi connectivity index (χ3v) is 4.40. The fourth-order valence-corrected chi connectivity index (χ4v) is 3.04. The van der Waals surface area contributed by atoms with Gasteiger partial charge in [0.1, 0.15) is 18.2 Å². The molecule has 0 aliphatic heterocycles. The van der Waals surface area contributed by atoms with Crippen molar-refractivity contribution in [3.8, 4) is 5.75 Å². The molecule has 20 heavy (non-hydrogen) atoms. The van der Waals surface area contributed by atoms with Gasteiger partial charge in [-0.15, -0.1) is 11.3 Å². The predicted octanol–water partition coefficient (Wildman–Crippen LogP) is 3.79. The number of benzene rings is 1. The minimum atomic E-state index is 0.0913. The van der Waals surface area contributed by atoms with Crippen molar-refractivity contribution >= 4 is 17.2 Å². The molecule has 1 aromatic heterocycles. The number of hydrogen-bond acceptors (Lipinski definition) is 3. The van der Waals surface area contributed by atoms with E-state index in [2.05, 4.69) is 19.1 Å². The van der Waals surface area contributed by atoms with Crippen LogP contribution in [0.25, 0.3) is 0 Å². The third kappa shape index (κ3) is 3.20.